The minimum atomic E-state index is -3.63. The average molecular weight is 520 g/mol. The molecular formula is C27H38FN3O4S. The predicted molar refractivity (Wildman–Crippen MR) is 142 cm³/mol. The lowest BCUT2D eigenvalue weighted by Crippen LogP contribution is -2.49. The molecule has 9 heteroatoms. The first-order chi connectivity index (χ1) is 17.1. The fourth-order valence-electron chi connectivity index (χ4n) is 3.93. The molecule has 36 heavy (non-hydrogen) atoms. The van der Waals surface area contributed by atoms with Crippen molar-refractivity contribution in [1.29, 1.82) is 0 Å². The SMILES string of the molecule is CCCCNC(=O)C(CC)N(Cc1ccc(C)cc1)C(=O)CCCN(c1ccc(F)cc1)S(C)(=O)=O. The molecule has 0 saturated carbocycles. The van der Waals surface area contributed by atoms with E-state index in [2.05, 4.69) is 5.32 Å². The summed E-state index contributed by atoms with van der Waals surface area (Å²) in [6.45, 7) is 6.80. The average Bonchev–Trinajstić information content (AvgIpc) is 2.83. The lowest BCUT2D eigenvalue weighted by molar-refractivity contribution is -0.141. The van der Waals surface area contributed by atoms with Crippen LogP contribution in [0.1, 0.15) is 57.1 Å². The second-order valence-electron chi connectivity index (χ2n) is 8.99. The van der Waals surface area contributed by atoms with E-state index in [0.717, 1.165) is 30.2 Å². The highest BCUT2D eigenvalue weighted by molar-refractivity contribution is 7.92. The van der Waals surface area contributed by atoms with Gasteiger partial charge in [-0.2, -0.15) is 0 Å². The Balaban J connectivity index is 2.18. The van der Waals surface area contributed by atoms with Gasteiger partial charge in [0.25, 0.3) is 0 Å². The maximum atomic E-state index is 13.4. The summed E-state index contributed by atoms with van der Waals surface area (Å²) in [5, 5.41) is 2.93. The number of nitrogens with zero attached hydrogens (tertiary/aromatic N) is 2. The maximum Gasteiger partial charge on any atom is 0.242 e. The Morgan fingerprint density at radius 1 is 1.00 bits per heavy atom. The zero-order chi connectivity index (χ0) is 26.7. The third-order valence-electron chi connectivity index (χ3n) is 5.96. The van der Waals surface area contributed by atoms with Gasteiger partial charge in [0, 0.05) is 26.1 Å². The lowest BCUT2D eigenvalue weighted by atomic mass is 10.1. The fraction of sp³-hybridized carbons (Fsp3) is 0.481. The summed E-state index contributed by atoms with van der Waals surface area (Å²) in [6.07, 6.45) is 3.67. The quantitative estimate of drug-likeness (QED) is 0.375. The number of halogens is 1. The van der Waals surface area contributed by atoms with Crippen molar-refractivity contribution in [3.8, 4) is 0 Å². The van der Waals surface area contributed by atoms with Crippen molar-refractivity contribution in [1.82, 2.24) is 10.2 Å². The summed E-state index contributed by atoms with van der Waals surface area (Å²) >= 11 is 0. The number of nitrogens with one attached hydrogen (secondary N) is 1. The second kappa shape index (κ2) is 14.0. The standard InChI is InChI=1S/C27H38FN3O4S/c1-5-7-18-29-27(33)25(6-2)30(20-22-12-10-21(3)11-13-22)26(32)9-8-19-31(36(4,34)35)24-16-14-23(28)15-17-24/h10-17,25H,5-9,18-20H2,1-4H3,(H,29,33). The summed E-state index contributed by atoms with van der Waals surface area (Å²) in [5.41, 5.74) is 2.35. The van der Waals surface area contributed by atoms with Gasteiger partial charge in [0.05, 0.1) is 11.9 Å². The fourth-order valence-corrected chi connectivity index (χ4v) is 4.89. The first-order valence-electron chi connectivity index (χ1n) is 12.4. The number of benzene rings is 2. The van der Waals surface area contributed by atoms with Crippen molar-refractivity contribution in [3.63, 3.8) is 0 Å². The molecule has 1 N–H and O–H groups in total. The van der Waals surface area contributed by atoms with Crippen LogP contribution in [-0.4, -0.2) is 50.5 Å². The Labute approximate surface area is 214 Å². The summed E-state index contributed by atoms with van der Waals surface area (Å²) < 4.78 is 39.2. The minimum Gasteiger partial charge on any atom is -0.354 e. The van der Waals surface area contributed by atoms with Crippen LogP contribution < -0.4 is 9.62 Å². The zero-order valence-corrected chi connectivity index (χ0v) is 22.5. The highest BCUT2D eigenvalue weighted by atomic mass is 32.2. The van der Waals surface area contributed by atoms with E-state index >= 15 is 0 Å². The molecule has 0 spiro atoms. The highest BCUT2D eigenvalue weighted by Crippen LogP contribution is 2.20. The summed E-state index contributed by atoms with van der Waals surface area (Å²) in [7, 11) is -3.63. The van der Waals surface area contributed by atoms with Crippen LogP contribution in [0, 0.1) is 12.7 Å². The van der Waals surface area contributed by atoms with E-state index in [4.69, 9.17) is 0 Å². The Hall–Kier alpha value is -2.94. The number of hydrogen-bond acceptors (Lipinski definition) is 4. The lowest BCUT2D eigenvalue weighted by Gasteiger charge is -2.31. The Morgan fingerprint density at radius 3 is 2.19 bits per heavy atom. The molecule has 0 heterocycles. The monoisotopic (exact) mass is 519 g/mol. The third-order valence-corrected chi connectivity index (χ3v) is 7.15. The molecule has 198 valence electrons. The van der Waals surface area contributed by atoms with Crippen LogP contribution in [-0.2, 0) is 26.2 Å². The van der Waals surface area contributed by atoms with Gasteiger partial charge in [-0.3, -0.25) is 13.9 Å². The van der Waals surface area contributed by atoms with E-state index in [-0.39, 0.29) is 37.7 Å². The number of carbonyl (C=O) groups excluding carboxylic acids is 2. The van der Waals surface area contributed by atoms with E-state index < -0.39 is 21.9 Å². The van der Waals surface area contributed by atoms with Crippen molar-refractivity contribution in [2.24, 2.45) is 0 Å². The first-order valence-corrected chi connectivity index (χ1v) is 14.3. The van der Waals surface area contributed by atoms with E-state index in [9.17, 15) is 22.4 Å². The van der Waals surface area contributed by atoms with Gasteiger partial charge in [0.1, 0.15) is 11.9 Å². The molecule has 2 aromatic rings. The molecule has 0 radical (unpaired) electrons. The number of hydrogen-bond donors (Lipinski definition) is 1. The molecule has 2 rings (SSSR count). The van der Waals surface area contributed by atoms with Gasteiger partial charge in [-0.25, -0.2) is 12.8 Å². The topological polar surface area (TPSA) is 86.8 Å². The Bertz CT molecular complexity index is 1090. The molecule has 1 atom stereocenters. The van der Waals surface area contributed by atoms with Crippen LogP contribution in [0.25, 0.3) is 0 Å². The van der Waals surface area contributed by atoms with Crippen molar-refractivity contribution < 1.29 is 22.4 Å². The largest absolute Gasteiger partial charge is 0.354 e. The van der Waals surface area contributed by atoms with Gasteiger partial charge >= 0.3 is 0 Å². The molecule has 7 nitrogen and oxygen atoms in total. The summed E-state index contributed by atoms with van der Waals surface area (Å²) in [6, 6.07) is 12.4. The van der Waals surface area contributed by atoms with Gasteiger partial charge in [-0.05, 0) is 56.0 Å². The molecule has 0 aliphatic carbocycles. The number of aryl methyl sites for hydroxylation is 1. The number of anilines is 1. The van der Waals surface area contributed by atoms with E-state index in [1.54, 1.807) is 4.90 Å². The Kier molecular flexibility index (Phi) is 11.4. The van der Waals surface area contributed by atoms with Gasteiger partial charge in [0.15, 0.2) is 0 Å². The van der Waals surface area contributed by atoms with E-state index in [1.165, 1.54) is 28.6 Å². The van der Waals surface area contributed by atoms with Gasteiger partial charge in [0.2, 0.25) is 21.8 Å². The number of unbranched alkanes of at least 4 members (excludes halogenated alkanes) is 1. The molecule has 1 unspecified atom stereocenters. The van der Waals surface area contributed by atoms with Crippen molar-refractivity contribution in [2.45, 2.75) is 65.5 Å². The molecule has 2 aromatic carbocycles. The zero-order valence-electron chi connectivity index (χ0n) is 21.7. The first kappa shape index (κ1) is 29.3. The van der Waals surface area contributed by atoms with Crippen LogP contribution in [0.5, 0.6) is 0 Å². The summed E-state index contributed by atoms with van der Waals surface area (Å²) in [5.74, 6) is -0.868. The number of rotatable bonds is 14. The van der Waals surface area contributed by atoms with Gasteiger partial charge in [-0.1, -0.05) is 50.1 Å². The van der Waals surface area contributed by atoms with Gasteiger partial charge < -0.3 is 10.2 Å². The van der Waals surface area contributed by atoms with Crippen LogP contribution in [0.3, 0.4) is 0 Å². The smallest absolute Gasteiger partial charge is 0.242 e. The molecule has 0 aliphatic heterocycles. The number of amides is 2. The molecule has 2 amide bonds. The van der Waals surface area contributed by atoms with E-state index in [0.29, 0.717) is 18.7 Å². The second-order valence-corrected chi connectivity index (χ2v) is 10.9. The van der Waals surface area contributed by atoms with Crippen LogP contribution in [0.4, 0.5) is 10.1 Å². The van der Waals surface area contributed by atoms with Crippen LogP contribution in [0.15, 0.2) is 48.5 Å². The molecule has 0 aliphatic rings. The molecule has 0 fully saturated rings. The van der Waals surface area contributed by atoms with Gasteiger partial charge in [-0.15, -0.1) is 0 Å². The van der Waals surface area contributed by atoms with Crippen molar-refractivity contribution >= 4 is 27.5 Å². The molecule has 0 aromatic heterocycles. The summed E-state index contributed by atoms with van der Waals surface area (Å²) in [4.78, 5) is 27.9. The minimum absolute atomic E-state index is 0.0636. The van der Waals surface area contributed by atoms with Crippen LogP contribution >= 0.6 is 0 Å². The molecule has 0 bridgehead atoms. The third kappa shape index (κ3) is 8.93. The van der Waals surface area contributed by atoms with E-state index in [1.807, 2.05) is 45.0 Å². The van der Waals surface area contributed by atoms with Crippen LogP contribution in [0.2, 0.25) is 0 Å². The number of sulfonamides is 1. The highest BCUT2D eigenvalue weighted by Gasteiger charge is 2.28. The Morgan fingerprint density at radius 2 is 1.64 bits per heavy atom. The molecular weight excluding hydrogens is 481 g/mol. The molecule has 0 saturated heterocycles. The predicted octanol–water partition coefficient (Wildman–Crippen LogP) is 4.40. The maximum absolute atomic E-state index is 13.4. The van der Waals surface area contributed by atoms with Crippen molar-refractivity contribution in [2.75, 3.05) is 23.7 Å². The normalized spacial score (nSPS) is 12.1. The van der Waals surface area contributed by atoms with Crippen molar-refractivity contribution in [3.05, 3.63) is 65.5 Å². The number of carbonyl (C=O) groups is 2.